The van der Waals surface area contributed by atoms with E-state index in [4.69, 9.17) is 4.98 Å². The third-order valence-corrected chi connectivity index (χ3v) is 7.41. The molecule has 5 rings (SSSR count). The zero-order valence-corrected chi connectivity index (χ0v) is 16.2. The van der Waals surface area contributed by atoms with E-state index in [0.29, 0.717) is 11.9 Å². The number of hydrogen-bond donors (Lipinski definition) is 0. The summed E-state index contributed by atoms with van der Waals surface area (Å²) >= 11 is 1.67. The number of likely N-dealkylation sites (tertiary alicyclic amines) is 1. The minimum Gasteiger partial charge on any atom is -0.355 e. The molecule has 4 heterocycles. The molecule has 3 fully saturated rings. The third kappa shape index (κ3) is 2.53. The number of carbonyl (C=O) groups excluding carboxylic acids is 1. The average Bonchev–Trinajstić information content (AvgIpc) is 3.37. The molecule has 1 atom stereocenters. The summed E-state index contributed by atoms with van der Waals surface area (Å²) in [4.78, 5) is 28.4. The molecule has 0 radical (unpaired) electrons. The Bertz CT molecular complexity index is 843. The highest BCUT2D eigenvalue weighted by molar-refractivity contribution is 7.16. The van der Waals surface area contributed by atoms with E-state index in [-0.39, 0.29) is 5.41 Å². The molecule has 5 nitrogen and oxygen atoms in total. The monoisotopic (exact) mass is 370 g/mol. The molecular formula is C20H26N4OS. The zero-order valence-electron chi connectivity index (χ0n) is 15.4. The summed E-state index contributed by atoms with van der Waals surface area (Å²) in [6.07, 6.45) is 8.10. The number of hydrogen-bond acceptors (Lipinski definition) is 5. The fraction of sp³-hybridized carbons (Fsp3) is 0.650. The molecule has 2 aromatic heterocycles. The van der Waals surface area contributed by atoms with E-state index in [1.54, 1.807) is 11.3 Å². The summed E-state index contributed by atoms with van der Waals surface area (Å²) in [5.41, 5.74) is -0.192. The molecule has 2 saturated heterocycles. The van der Waals surface area contributed by atoms with Crippen LogP contribution in [0.4, 0.5) is 5.82 Å². The molecule has 1 spiro atoms. The van der Waals surface area contributed by atoms with Crippen LogP contribution in [0, 0.1) is 12.3 Å². The van der Waals surface area contributed by atoms with Crippen molar-refractivity contribution in [2.45, 2.75) is 57.9 Å². The van der Waals surface area contributed by atoms with E-state index in [1.807, 2.05) is 6.92 Å². The van der Waals surface area contributed by atoms with Gasteiger partial charge in [-0.25, -0.2) is 9.97 Å². The predicted molar refractivity (Wildman–Crippen MR) is 105 cm³/mol. The fourth-order valence-electron chi connectivity index (χ4n) is 5.28. The Hall–Kier alpha value is -1.69. The second kappa shape index (κ2) is 6.19. The van der Waals surface area contributed by atoms with Gasteiger partial charge in [0, 0.05) is 25.7 Å². The first-order valence-corrected chi connectivity index (χ1v) is 10.8. The SMILES string of the molecule is Cc1nc(N2CC[C@]3(CCCN(C4CCCC4)C3=O)C2)c2ccsc2n1. The highest BCUT2D eigenvalue weighted by Gasteiger charge is 2.50. The van der Waals surface area contributed by atoms with Gasteiger partial charge < -0.3 is 9.80 Å². The molecule has 2 aliphatic heterocycles. The summed E-state index contributed by atoms with van der Waals surface area (Å²) in [5.74, 6) is 2.26. The third-order valence-electron chi connectivity index (χ3n) is 6.60. The number of aromatic nitrogens is 2. The van der Waals surface area contributed by atoms with Gasteiger partial charge in [0.15, 0.2) is 0 Å². The van der Waals surface area contributed by atoms with Crippen LogP contribution in [0.25, 0.3) is 10.2 Å². The Morgan fingerprint density at radius 2 is 2.00 bits per heavy atom. The van der Waals surface area contributed by atoms with E-state index in [2.05, 4.69) is 26.2 Å². The lowest BCUT2D eigenvalue weighted by atomic mass is 9.77. The van der Waals surface area contributed by atoms with Gasteiger partial charge in [-0.1, -0.05) is 12.8 Å². The van der Waals surface area contributed by atoms with Crippen molar-refractivity contribution in [3.8, 4) is 0 Å². The molecule has 1 amide bonds. The maximum absolute atomic E-state index is 13.5. The average molecular weight is 371 g/mol. The maximum Gasteiger partial charge on any atom is 0.230 e. The molecule has 0 aromatic carbocycles. The van der Waals surface area contributed by atoms with Gasteiger partial charge in [0.25, 0.3) is 0 Å². The number of nitrogens with zero attached hydrogens (tertiary/aromatic N) is 4. The quantitative estimate of drug-likeness (QED) is 0.808. The molecule has 0 bridgehead atoms. The summed E-state index contributed by atoms with van der Waals surface area (Å²) in [7, 11) is 0. The standard InChI is InChI=1S/C20H26N4OS/c1-14-21-17(16-7-12-26-18(16)22-14)23-11-9-20(13-23)8-4-10-24(19(20)25)15-5-2-3-6-15/h7,12,15H,2-6,8-11,13H2,1H3/t20-/m1/s1. The molecule has 26 heavy (non-hydrogen) atoms. The molecular weight excluding hydrogens is 344 g/mol. The van der Waals surface area contributed by atoms with Crippen LogP contribution in [-0.4, -0.2) is 46.5 Å². The fourth-order valence-corrected chi connectivity index (χ4v) is 6.09. The van der Waals surface area contributed by atoms with Crippen LogP contribution in [0.2, 0.25) is 0 Å². The van der Waals surface area contributed by atoms with Crippen molar-refractivity contribution in [3.05, 3.63) is 17.3 Å². The van der Waals surface area contributed by atoms with Gasteiger partial charge in [-0.2, -0.15) is 0 Å². The highest BCUT2D eigenvalue weighted by Crippen LogP contribution is 2.44. The number of aryl methyl sites for hydroxylation is 1. The molecule has 0 unspecified atom stereocenters. The minimum atomic E-state index is -0.192. The number of anilines is 1. The summed E-state index contributed by atoms with van der Waals surface area (Å²) in [6.45, 7) is 4.66. The van der Waals surface area contributed by atoms with Gasteiger partial charge in [-0.05, 0) is 50.5 Å². The largest absolute Gasteiger partial charge is 0.355 e. The van der Waals surface area contributed by atoms with Crippen LogP contribution in [0.5, 0.6) is 0 Å². The molecule has 6 heteroatoms. The second-order valence-electron chi connectivity index (χ2n) is 8.23. The van der Waals surface area contributed by atoms with Crippen molar-refractivity contribution in [2.24, 2.45) is 5.41 Å². The molecule has 1 aliphatic carbocycles. The summed E-state index contributed by atoms with van der Waals surface area (Å²) < 4.78 is 0. The van der Waals surface area contributed by atoms with Crippen molar-refractivity contribution in [1.29, 1.82) is 0 Å². The van der Waals surface area contributed by atoms with Gasteiger partial charge in [0.2, 0.25) is 5.91 Å². The van der Waals surface area contributed by atoms with Crippen LogP contribution < -0.4 is 4.90 Å². The lowest BCUT2D eigenvalue weighted by molar-refractivity contribution is -0.147. The number of fused-ring (bicyclic) bond motifs is 1. The van der Waals surface area contributed by atoms with Gasteiger partial charge >= 0.3 is 0 Å². The van der Waals surface area contributed by atoms with E-state index < -0.39 is 0 Å². The number of carbonyl (C=O) groups is 1. The molecule has 2 aromatic rings. The van der Waals surface area contributed by atoms with Gasteiger partial charge in [-0.15, -0.1) is 11.3 Å². The van der Waals surface area contributed by atoms with Crippen LogP contribution in [0.1, 0.15) is 50.8 Å². The van der Waals surface area contributed by atoms with E-state index in [9.17, 15) is 4.79 Å². The Labute approximate surface area is 158 Å². The number of amides is 1. The molecule has 138 valence electrons. The van der Waals surface area contributed by atoms with Crippen LogP contribution in [0.3, 0.4) is 0 Å². The lowest BCUT2D eigenvalue weighted by Gasteiger charge is -2.42. The molecule has 0 N–H and O–H groups in total. The van der Waals surface area contributed by atoms with Crippen molar-refractivity contribution < 1.29 is 4.79 Å². The molecule has 1 saturated carbocycles. The number of rotatable bonds is 2. The first kappa shape index (κ1) is 16.5. The Balaban J connectivity index is 1.43. The zero-order chi connectivity index (χ0) is 17.7. The van der Waals surface area contributed by atoms with Gasteiger partial charge in [0.1, 0.15) is 16.5 Å². The topological polar surface area (TPSA) is 49.3 Å². The minimum absolute atomic E-state index is 0.192. The maximum atomic E-state index is 13.5. The first-order valence-electron chi connectivity index (χ1n) is 9.94. The van der Waals surface area contributed by atoms with Crippen molar-refractivity contribution in [2.75, 3.05) is 24.5 Å². The second-order valence-corrected chi connectivity index (χ2v) is 9.12. The van der Waals surface area contributed by atoms with Gasteiger partial charge in [0.05, 0.1) is 10.8 Å². The summed E-state index contributed by atoms with van der Waals surface area (Å²) in [5, 5.41) is 3.22. The Kier molecular flexibility index (Phi) is 3.92. The predicted octanol–water partition coefficient (Wildman–Crippen LogP) is 3.76. The van der Waals surface area contributed by atoms with E-state index in [1.165, 1.54) is 25.7 Å². The normalized spacial score (nSPS) is 27.3. The van der Waals surface area contributed by atoms with Crippen LogP contribution in [0.15, 0.2) is 11.4 Å². The van der Waals surface area contributed by atoms with Crippen molar-refractivity contribution in [1.82, 2.24) is 14.9 Å². The van der Waals surface area contributed by atoms with Crippen LogP contribution >= 0.6 is 11.3 Å². The van der Waals surface area contributed by atoms with E-state index >= 15 is 0 Å². The smallest absolute Gasteiger partial charge is 0.230 e. The first-order chi connectivity index (χ1) is 12.7. The van der Waals surface area contributed by atoms with E-state index in [0.717, 1.165) is 60.8 Å². The number of piperidine rings is 1. The highest BCUT2D eigenvalue weighted by atomic mass is 32.1. The Morgan fingerprint density at radius 3 is 2.85 bits per heavy atom. The van der Waals surface area contributed by atoms with Crippen molar-refractivity contribution in [3.63, 3.8) is 0 Å². The lowest BCUT2D eigenvalue weighted by Crippen LogP contribution is -2.53. The Morgan fingerprint density at radius 1 is 1.15 bits per heavy atom. The summed E-state index contributed by atoms with van der Waals surface area (Å²) in [6, 6.07) is 2.62. The van der Waals surface area contributed by atoms with Crippen molar-refractivity contribution >= 4 is 33.3 Å². The molecule has 3 aliphatic rings. The van der Waals surface area contributed by atoms with Gasteiger partial charge in [-0.3, -0.25) is 4.79 Å². The number of thiophene rings is 1. The van der Waals surface area contributed by atoms with Crippen LogP contribution in [-0.2, 0) is 4.79 Å².